The second-order valence-corrected chi connectivity index (χ2v) is 6.76. The zero-order valence-corrected chi connectivity index (χ0v) is 14.7. The largest absolute Gasteiger partial charge is 0.465 e. The van der Waals surface area contributed by atoms with Crippen molar-refractivity contribution in [3.63, 3.8) is 0 Å². The molecule has 3 rings (SSSR count). The zero-order chi connectivity index (χ0) is 18.7. The second kappa shape index (κ2) is 7.00. The molecule has 26 heavy (non-hydrogen) atoms. The molecule has 1 N–H and O–H groups in total. The lowest BCUT2D eigenvalue weighted by Gasteiger charge is -2.07. The molecule has 0 amide bonds. The minimum atomic E-state index is -4.01. The Labute approximate surface area is 149 Å². The van der Waals surface area contributed by atoms with E-state index in [1.807, 2.05) is 6.92 Å². The van der Waals surface area contributed by atoms with Crippen molar-refractivity contribution in [3.8, 4) is 11.7 Å². The monoisotopic (exact) mass is 377 g/mol. The number of benzene rings is 1. The molecule has 2 heterocycles. The maximum atomic E-state index is 12.5. The Morgan fingerprint density at radius 2 is 2.00 bits per heavy atom. The molecular weight excluding hydrogens is 362 g/mol. The molecule has 10 heteroatoms. The minimum Gasteiger partial charge on any atom is -0.465 e. The number of methoxy groups -OCH3 is 1. The summed E-state index contributed by atoms with van der Waals surface area (Å²) >= 11 is 0. The number of sulfonamides is 1. The van der Waals surface area contributed by atoms with Crippen molar-refractivity contribution in [2.45, 2.75) is 18.4 Å². The fourth-order valence-electron chi connectivity index (χ4n) is 2.11. The van der Waals surface area contributed by atoms with Crippen LogP contribution >= 0.6 is 0 Å². The van der Waals surface area contributed by atoms with E-state index in [2.05, 4.69) is 19.7 Å². The highest BCUT2D eigenvalue weighted by Crippen LogP contribution is 2.25. The third-order valence-corrected chi connectivity index (χ3v) is 4.62. The quantitative estimate of drug-likeness (QED) is 0.650. The summed E-state index contributed by atoms with van der Waals surface area (Å²) in [4.78, 5) is 11.5. The van der Waals surface area contributed by atoms with E-state index in [0.717, 1.165) is 0 Å². The number of nitrogens with zero attached hydrogens (tertiary/aromatic N) is 2. The number of ether oxygens (including phenoxy) is 1. The molecular formula is C16H15N3O6S. The number of rotatable bonds is 6. The van der Waals surface area contributed by atoms with Crippen LogP contribution in [0.25, 0.3) is 11.7 Å². The Balaban J connectivity index is 1.84. The van der Waals surface area contributed by atoms with Crippen molar-refractivity contribution in [2.75, 3.05) is 11.8 Å². The van der Waals surface area contributed by atoms with E-state index in [1.165, 1.54) is 43.5 Å². The second-order valence-electron chi connectivity index (χ2n) is 5.15. The van der Waals surface area contributed by atoms with Gasteiger partial charge >= 0.3 is 5.97 Å². The first-order chi connectivity index (χ1) is 12.4. The molecule has 0 radical (unpaired) electrons. The van der Waals surface area contributed by atoms with Gasteiger partial charge in [-0.05, 0) is 30.3 Å². The summed E-state index contributed by atoms with van der Waals surface area (Å²) in [5.74, 6) is 0.0740. The van der Waals surface area contributed by atoms with E-state index in [-0.39, 0.29) is 28.0 Å². The van der Waals surface area contributed by atoms with Gasteiger partial charge in [0.05, 0.1) is 12.7 Å². The number of aromatic nitrogens is 2. The van der Waals surface area contributed by atoms with Crippen LogP contribution in [0.2, 0.25) is 0 Å². The zero-order valence-electron chi connectivity index (χ0n) is 13.9. The molecule has 2 aromatic heterocycles. The predicted molar refractivity (Wildman–Crippen MR) is 90.0 cm³/mol. The van der Waals surface area contributed by atoms with Gasteiger partial charge in [0, 0.05) is 12.1 Å². The van der Waals surface area contributed by atoms with Gasteiger partial charge in [-0.25, -0.2) is 4.79 Å². The third kappa shape index (κ3) is 3.59. The topological polar surface area (TPSA) is 125 Å². The van der Waals surface area contributed by atoms with Crippen LogP contribution in [0.1, 0.15) is 23.2 Å². The van der Waals surface area contributed by atoms with Crippen LogP contribution in [0, 0.1) is 0 Å². The lowest BCUT2D eigenvalue weighted by atomic mass is 10.2. The number of esters is 1. The summed E-state index contributed by atoms with van der Waals surface area (Å²) in [7, 11) is -2.77. The minimum absolute atomic E-state index is 0.0935. The van der Waals surface area contributed by atoms with E-state index in [9.17, 15) is 13.2 Å². The summed E-state index contributed by atoms with van der Waals surface area (Å²) in [6, 6.07) is 8.60. The maximum absolute atomic E-state index is 12.5. The fourth-order valence-corrected chi connectivity index (χ4v) is 3.09. The van der Waals surface area contributed by atoms with E-state index in [1.54, 1.807) is 0 Å². The predicted octanol–water partition coefficient (Wildman–Crippen LogP) is 2.48. The molecule has 9 nitrogen and oxygen atoms in total. The first-order valence-corrected chi connectivity index (χ1v) is 9.05. The molecule has 0 fully saturated rings. The van der Waals surface area contributed by atoms with Crippen LogP contribution in [0.3, 0.4) is 0 Å². The number of anilines is 1. The number of carbonyl (C=O) groups is 1. The van der Waals surface area contributed by atoms with Crippen molar-refractivity contribution >= 4 is 21.7 Å². The van der Waals surface area contributed by atoms with E-state index in [0.29, 0.717) is 12.3 Å². The van der Waals surface area contributed by atoms with Crippen LogP contribution in [0.5, 0.6) is 0 Å². The molecule has 0 unspecified atom stereocenters. The SMILES string of the molecule is CCc1nnc(-c2ccc(S(=O)(=O)Nc3cccc(C(=O)OC)c3)o2)o1. The smallest absolute Gasteiger partial charge is 0.337 e. The molecule has 0 spiro atoms. The molecule has 1 aromatic carbocycles. The van der Waals surface area contributed by atoms with Crippen molar-refractivity contribution < 1.29 is 26.8 Å². The van der Waals surface area contributed by atoms with Gasteiger partial charge in [0.2, 0.25) is 11.0 Å². The van der Waals surface area contributed by atoms with E-state index in [4.69, 9.17) is 8.83 Å². The van der Waals surface area contributed by atoms with Gasteiger partial charge in [-0.2, -0.15) is 8.42 Å². The molecule has 3 aromatic rings. The molecule has 0 aliphatic rings. The molecule has 0 saturated heterocycles. The van der Waals surface area contributed by atoms with Gasteiger partial charge in [0.15, 0.2) is 5.76 Å². The Bertz CT molecular complexity index is 1040. The van der Waals surface area contributed by atoms with Crippen molar-refractivity contribution in [1.29, 1.82) is 0 Å². The highest BCUT2D eigenvalue weighted by atomic mass is 32.2. The Morgan fingerprint density at radius 3 is 2.69 bits per heavy atom. The van der Waals surface area contributed by atoms with Gasteiger partial charge in [-0.3, -0.25) is 4.72 Å². The van der Waals surface area contributed by atoms with Crippen molar-refractivity contribution in [1.82, 2.24) is 10.2 Å². The number of hydrogen-bond acceptors (Lipinski definition) is 8. The van der Waals surface area contributed by atoms with Gasteiger partial charge in [0.1, 0.15) is 0 Å². The van der Waals surface area contributed by atoms with E-state index < -0.39 is 16.0 Å². The molecule has 0 bridgehead atoms. The standard InChI is InChI=1S/C16H15N3O6S/c1-3-13-17-18-15(25-13)12-7-8-14(24-12)26(21,22)19-11-6-4-5-10(9-11)16(20)23-2/h4-9,19H,3H2,1-2H3. The van der Waals surface area contributed by atoms with E-state index >= 15 is 0 Å². The third-order valence-electron chi connectivity index (χ3n) is 3.36. The van der Waals surface area contributed by atoms with Crippen molar-refractivity contribution in [2.24, 2.45) is 0 Å². The summed E-state index contributed by atoms with van der Waals surface area (Å²) in [6.07, 6.45) is 0.553. The molecule has 136 valence electrons. The van der Waals surface area contributed by atoms with Crippen LogP contribution in [0.4, 0.5) is 5.69 Å². The summed E-state index contributed by atoms with van der Waals surface area (Å²) < 4.78 is 42.6. The average Bonchev–Trinajstić information content (AvgIpc) is 3.30. The van der Waals surface area contributed by atoms with Crippen molar-refractivity contribution in [3.05, 3.63) is 47.9 Å². The van der Waals surface area contributed by atoms with Crippen LogP contribution in [0.15, 0.2) is 50.3 Å². The summed E-state index contributed by atoms with van der Waals surface area (Å²) in [5.41, 5.74) is 0.405. The summed E-state index contributed by atoms with van der Waals surface area (Å²) in [6.45, 7) is 1.85. The maximum Gasteiger partial charge on any atom is 0.337 e. The van der Waals surface area contributed by atoms with Crippen LogP contribution in [-0.2, 0) is 21.2 Å². The average molecular weight is 377 g/mol. The Morgan fingerprint density at radius 1 is 1.19 bits per heavy atom. The number of hydrogen-bond donors (Lipinski definition) is 1. The van der Waals surface area contributed by atoms with Gasteiger partial charge in [-0.15, -0.1) is 10.2 Å². The first kappa shape index (κ1) is 17.7. The first-order valence-electron chi connectivity index (χ1n) is 7.56. The van der Waals surface area contributed by atoms with Crippen LogP contribution < -0.4 is 4.72 Å². The van der Waals surface area contributed by atoms with Gasteiger partial charge in [-0.1, -0.05) is 13.0 Å². The highest BCUT2D eigenvalue weighted by molar-refractivity contribution is 7.92. The lowest BCUT2D eigenvalue weighted by molar-refractivity contribution is 0.0600. The van der Waals surface area contributed by atoms with Gasteiger partial charge < -0.3 is 13.6 Å². The summed E-state index contributed by atoms with van der Waals surface area (Å²) in [5, 5.41) is 7.27. The van der Waals surface area contributed by atoms with Gasteiger partial charge in [0.25, 0.3) is 15.9 Å². The lowest BCUT2D eigenvalue weighted by Crippen LogP contribution is -2.12. The Kier molecular flexibility index (Phi) is 4.76. The number of aryl methyl sites for hydroxylation is 1. The fraction of sp³-hybridized carbons (Fsp3) is 0.188. The molecule has 0 aliphatic heterocycles. The number of nitrogens with one attached hydrogen (secondary N) is 1. The number of carbonyl (C=O) groups excluding carboxylic acids is 1. The molecule has 0 aliphatic carbocycles. The normalized spacial score (nSPS) is 11.3. The van der Waals surface area contributed by atoms with Crippen LogP contribution in [-0.4, -0.2) is 31.7 Å². The molecule has 0 saturated carbocycles. The highest BCUT2D eigenvalue weighted by Gasteiger charge is 2.22. The number of furan rings is 1. The Hall–Kier alpha value is -3.14. The molecule has 0 atom stereocenters.